The van der Waals surface area contributed by atoms with Crippen molar-refractivity contribution < 1.29 is 37.6 Å². The SMILES string of the molecule is [2H]C([2H])([2H])Oc1ncc(B(O)O)cc1C(=O)N[C@@H]1CN(C(=O)OC(C)(C)C)C[C@@H]1F. The van der Waals surface area contributed by atoms with Crippen LogP contribution in [0, 0.1) is 0 Å². The maximum absolute atomic E-state index is 14.4. The molecule has 0 unspecified atom stereocenters. The molecule has 2 heterocycles. The lowest BCUT2D eigenvalue weighted by atomic mass is 9.81. The molecule has 1 aliphatic heterocycles. The van der Waals surface area contributed by atoms with Gasteiger partial charge in [0.15, 0.2) is 0 Å². The Labute approximate surface area is 160 Å². The molecule has 0 saturated carbocycles. The number of rotatable bonds is 4. The van der Waals surface area contributed by atoms with Crippen molar-refractivity contribution in [3.8, 4) is 5.88 Å². The maximum Gasteiger partial charge on any atom is 0.490 e. The Bertz CT molecular complexity index is 805. The summed E-state index contributed by atoms with van der Waals surface area (Å²) in [5, 5.41) is 20.9. The molecule has 148 valence electrons. The lowest BCUT2D eigenvalue weighted by Crippen LogP contribution is -2.43. The molecule has 0 bridgehead atoms. The van der Waals surface area contributed by atoms with Crippen LogP contribution in [0.25, 0.3) is 0 Å². The Morgan fingerprint density at radius 3 is 2.74 bits per heavy atom. The molecule has 0 spiro atoms. The van der Waals surface area contributed by atoms with Gasteiger partial charge in [0, 0.05) is 18.2 Å². The van der Waals surface area contributed by atoms with Crippen molar-refractivity contribution in [3.63, 3.8) is 0 Å². The molecule has 2 atom stereocenters. The summed E-state index contributed by atoms with van der Waals surface area (Å²) >= 11 is 0. The summed E-state index contributed by atoms with van der Waals surface area (Å²) < 4.78 is 45.8. The Kier molecular flexibility index (Phi) is 5.02. The number of carbonyl (C=O) groups is 2. The summed E-state index contributed by atoms with van der Waals surface area (Å²) in [6, 6.07) is -0.129. The number of methoxy groups -OCH3 is 1. The van der Waals surface area contributed by atoms with E-state index < -0.39 is 55.4 Å². The molecule has 1 aromatic rings. The molecule has 0 aliphatic carbocycles. The number of aromatic nitrogens is 1. The van der Waals surface area contributed by atoms with Gasteiger partial charge in [0.05, 0.1) is 23.7 Å². The van der Waals surface area contributed by atoms with Crippen LogP contribution in [0.1, 0.15) is 35.2 Å². The average molecular weight is 386 g/mol. The number of likely N-dealkylation sites (tertiary alicyclic amines) is 1. The minimum atomic E-state index is -2.93. The van der Waals surface area contributed by atoms with Crippen molar-refractivity contribution in [3.05, 3.63) is 17.8 Å². The largest absolute Gasteiger partial charge is 0.490 e. The molecule has 3 N–H and O–H groups in total. The minimum absolute atomic E-state index is 0.174. The van der Waals surface area contributed by atoms with Crippen LogP contribution >= 0.6 is 0 Å². The van der Waals surface area contributed by atoms with Crippen LogP contribution in [0.5, 0.6) is 5.88 Å². The summed E-state index contributed by atoms with van der Waals surface area (Å²) in [4.78, 5) is 29.5. The van der Waals surface area contributed by atoms with E-state index in [0.717, 1.165) is 17.2 Å². The Morgan fingerprint density at radius 1 is 1.44 bits per heavy atom. The van der Waals surface area contributed by atoms with E-state index in [9.17, 15) is 24.0 Å². The van der Waals surface area contributed by atoms with Crippen molar-refractivity contribution in [1.82, 2.24) is 15.2 Å². The monoisotopic (exact) mass is 386 g/mol. The van der Waals surface area contributed by atoms with Gasteiger partial charge < -0.3 is 29.7 Å². The Hall–Kier alpha value is -2.40. The van der Waals surface area contributed by atoms with Gasteiger partial charge >= 0.3 is 13.2 Å². The van der Waals surface area contributed by atoms with E-state index in [1.54, 1.807) is 20.8 Å². The van der Waals surface area contributed by atoms with Gasteiger partial charge in [0.1, 0.15) is 17.3 Å². The molecular formula is C16H23BFN3O6. The summed E-state index contributed by atoms with van der Waals surface area (Å²) in [5.41, 5.74) is -1.40. The van der Waals surface area contributed by atoms with E-state index in [0.29, 0.717) is 0 Å². The van der Waals surface area contributed by atoms with Crippen LogP contribution in [-0.2, 0) is 4.74 Å². The zero-order valence-electron chi connectivity index (χ0n) is 18.1. The number of hydrogen-bond donors (Lipinski definition) is 3. The first-order valence-electron chi connectivity index (χ1n) is 9.64. The molecular weight excluding hydrogens is 360 g/mol. The van der Waals surface area contributed by atoms with E-state index >= 15 is 0 Å². The maximum atomic E-state index is 14.4. The van der Waals surface area contributed by atoms with Gasteiger partial charge in [0.25, 0.3) is 5.91 Å². The fraction of sp³-hybridized carbons (Fsp3) is 0.562. The lowest BCUT2D eigenvalue weighted by Gasteiger charge is -2.24. The topological polar surface area (TPSA) is 121 Å². The molecule has 1 saturated heterocycles. The van der Waals surface area contributed by atoms with Gasteiger partial charge in [-0.3, -0.25) is 4.79 Å². The highest BCUT2D eigenvalue weighted by Crippen LogP contribution is 2.19. The normalized spacial score (nSPS) is 21.7. The molecule has 1 fully saturated rings. The highest BCUT2D eigenvalue weighted by Gasteiger charge is 2.38. The fourth-order valence-electron chi connectivity index (χ4n) is 2.48. The van der Waals surface area contributed by atoms with Crippen LogP contribution in [0.2, 0.25) is 0 Å². The number of amides is 2. The van der Waals surface area contributed by atoms with Crippen LogP contribution in [-0.4, -0.2) is 77.0 Å². The van der Waals surface area contributed by atoms with Gasteiger partial charge in [-0.25, -0.2) is 14.2 Å². The van der Waals surface area contributed by atoms with E-state index in [4.69, 9.17) is 8.85 Å². The van der Waals surface area contributed by atoms with Crippen molar-refractivity contribution in [1.29, 1.82) is 0 Å². The van der Waals surface area contributed by atoms with E-state index in [1.165, 1.54) is 0 Å². The third kappa shape index (κ3) is 5.30. The van der Waals surface area contributed by atoms with Crippen LogP contribution in [0.4, 0.5) is 9.18 Å². The summed E-state index contributed by atoms with van der Waals surface area (Å²) in [6.45, 7) is 4.51. The van der Waals surface area contributed by atoms with Crippen LogP contribution < -0.4 is 15.5 Å². The molecule has 9 nitrogen and oxygen atoms in total. The number of alkyl halides is 1. The van der Waals surface area contributed by atoms with E-state index in [2.05, 4.69) is 15.0 Å². The fourth-order valence-corrected chi connectivity index (χ4v) is 2.48. The van der Waals surface area contributed by atoms with Crippen molar-refractivity contribution >= 4 is 24.6 Å². The molecule has 11 heteroatoms. The Balaban J connectivity index is 2.18. The highest BCUT2D eigenvalue weighted by molar-refractivity contribution is 6.58. The molecule has 1 aliphatic rings. The van der Waals surface area contributed by atoms with Crippen molar-refractivity contribution in [2.75, 3.05) is 20.1 Å². The zero-order valence-corrected chi connectivity index (χ0v) is 15.1. The van der Waals surface area contributed by atoms with Crippen LogP contribution in [0.3, 0.4) is 0 Å². The minimum Gasteiger partial charge on any atom is -0.480 e. The van der Waals surface area contributed by atoms with E-state index in [1.807, 2.05) is 0 Å². The molecule has 0 aromatic carbocycles. The smallest absolute Gasteiger partial charge is 0.480 e. The second-order valence-electron chi connectivity index (χ2n) is 7.08. The standard InChI is InChI=1S/C16H23BFN3O6/c1-16(2,3)27-15(23)21-7-11(18)12(8-21)20-13(22)10-5-9(17(24)25)6-19-14(10)26-4/h5-6,11-12,24-25H,7-8H2,1-4H3,(H,20,22)/t11-,12+/m0/s1/i4D3. The van der Waals surface area contributed by atoms with E-state index in [-0.39, 0.29) is 18.6 Å². The number of nitrogens with zero attached hydrogens (tertiary/aromatic N) is 2. The molecule has 1 aromatic heterocycles. The second kappa shape index (κ2) is 8.09. The average Bonchev–Trinajstić information content (AvgIpc) is 2.93. The van der Waals surface area contributed by atoms with Gasteiger partial charge in [-0.2, -0.15) is 0 Å². The first-order chi connectivity index (χ1) is 13.7. The predicted octanol–water partition coefficient (Wildman–Crippen LogP) is -0.543. The molecule has 27 heavy (non-hydrogen) atoms. The van der Waals surface area contributed by atoms with Gasteiger partial charge in [-0.1, -0.05) is 0 Å². The van der Waals surface area contributed by atoms with Gasteiger partial charge in [-0.15, -0.1) is 0 Å². The third-order valence-electron chi connectivity index (χ3n) is 3.73. The van der Waals surface area contributed by atoms with Crippen molar-refractivity contribution in [2.45, 2.75) is 38.6 Å². The van der Waals surface area contributed by atoms with Gasteiger partial charge in [-0.05, 0) is 26.8 Å². The number of halogens is 1. The van der Waals surface area contributed by atoms with Crippen LogP contribution in [0.15, 0.2) is 12.3 Å². The summed E-state index contributed by atoms with van der Waals surface area (Å²) in [5.74, 6) is -1.54. The second-order valence-corrected chi connectivity index (χ2v) is 7.08. The lowest BCUT2D eigenvalue weighted by molar-refractivity contribution is 0.0281. The molecule has 0 radical (unpaired) electrons. The predicted molar refractivity (Wildman–Crippen MR) is 94.6 cm³/mol. The zero-order chi connectivity index (χ0) is 22.9. The first-order valence-corrected chi connectivity index (χ1v) is 8.14. The highest BCUT2D eigenvalue weighted by atomic mass is 19.1. The molecule has 2 rings (SSSR count). The number of pyridine rings is 1. The number of hydrogen-bond acceptors (Lipinski definition) is 7. The van der Waals surface area contributed by atoms with Gasteiger partial charge in [0.2, 0.25) is 5.88 Å². The number of ether oxygens (including phenoxy) is 2. The molecule has 2 amide bonds. The Morgan fingerprint density at radius 2 is 2.15 bits per heavy atom. The quantitative estimate of drug-likeness (QED) is 0.594. The number of nitrogens with one attached hydrogen (secondary N) is 1. The number of carbonyl (C=O) groups excluding carboxylic acids is 2. The first kappa shape index (κ1) is 16.8. The van der Waals surface area contributed by atoms with Crippen molar-refractivity contribution in [2.24, 2.45) is 0 Å². The summed E-state index contributed by atoms with van der Waals surface area (Å²) in [7, 11) is -4.90. The third-order valence-corrected chi connectivity index (χ3v) is 3.73. The summed E-state index contributed by atoms with van der Waals surface area (Å²) in [6.07, 6.45) is -1.41.